The van der Waals surface area contributed by atoms with Crippen LogP contribution in [0.25, 0.3) is 0 Å². The first kappa shape index (κ1) is 14.3. The fraction of sp³-hybridized carbons (Fsp3) is 0.583. The summed E-state index contributed by atoms with van der Waals surface area (Å²) in [4.78, 5) is 15.5. The first-order valence-electron chi connectivity index (χ1n) is 6.04. The number of carbonyl (C=O) groups excluding carboxylic acids is 1. The lowest BCUT2D eigenvalue weighted by Gasteiger charge is -2.27. The lowest BCUT2D eigenvalue weighted by atomic mass is 10.1. The number of hydrogen-bond donors (Lipinski definition) is 1. The molecule has 2 bridgehead atoms. The van der Waals surface area contributed by atoms with E-state index >= 15 is 0 Å². The van der Waals surface area contributed by atoms with Crippen molar-refractivity contribution in [2.45, 2.75) is 31.3 Å². The highest BCUT2D eigenvalue weighted by atomic mass is 79.9. The van der Waals surface area contributed by atoms with Crippen LogP contribution in [0.1, 0.15) is 28.9 Å². The molecule has 1 aromatic heterocycles. The molecule has 3 rings (SSSR count). The Morgan fingerprint density at radius 2 is 2.17 bits per heavy atom. The predicted octanol–water partition coefficient (Wildman–Crippen LogP) is 2.90. The first-order chi connectivity index (χ1) is 8.27. The SMILES string of the molecule is Cl.O=C(c1sccc1Br)N1C2CCNCC1CC2. The molecule has 6 heteroatoms. The monoisotopic (exact) mass is 350 g/mol. The van der Waals surface area contributed by atoms with Crippen molar-refractivity contribution >= 4 is 45.6 Å². The van der Waals surface area contributed by atoms with Crippen LogP contribution in [0.4, 0.5) is 0 Å². The summed E-state index contributed by atoms with van der Waals surface area (Å²) in [5, 5.41) is 5.39. The molecule has 2 aliphatic heterocycles. The number of amides is 1. The Labute approximate surface area is 125 Å². The Balaban J connectivity index is 0.00000120. The van der Waals surface area contributed by atoms with Gasteiger partial charge in [0, 0.05) is 23.1 Å². The average molecular weight is 352 g/mol. The van der Waals surface area contributed by atoms with E-state index in [1.807, 2.05) is 11.4 Å². The van der Waals surface area contributed by atoms with Crippen molar-refractivity contribution in [3.05, 3.63) is 20.8 Å². The number of hydrogen-bond acceptors (Lipinski definition) is 3. The van der Waals surface area contributed by atoms with Crippen molar-refractivity contribution in [1.29, 1.82) is 0 Å². The smallest absolute Gasteiger partial charge is 0.265 e. The fourth-order valence-electron chi connectivity index (χ4n) is 2.88. The van der Waals surface area contributed by atoms with E-state index in [4.69, 9.17) is 0 Å². The third-order valence-corrected chi connectivity index (χ3v) is 5.53. The lowest BCUT2D eigenvalue weighted by Crippen LogP contribution is -2.42. The molecule has 0 radical (unpaired) electrons. The number of thiophene rings is 1. The van der Waals surface area contributed by atoms with Gasteiger partial charge in [-0.1, -0.05) is 0 Å². The third kappa shape index (κ3) is 2.46. The quantitative estimate of drug-likeness (QED) is 0.844. The molecule has 0 aromatic carbocycles. The minimum atomic E-state index is 0. The van der Waals surface area contributed by atoms with E-state index in [0.717, 1.165) is 35.3 Å². The number of rotatable bonds is 1. The van der Waals surface area contributed by atoms with E-state index in [2.05, 4.69) is 26.1 Å². The van der Waals surface area contributed by atoms with E-state index in [1.165, 1.54) is 17.8 Å². The Morgan fingerprint density at radius 1 is 1.39 bits per heavy atom. The normalized spacial score (nSPS) is 26.6. The van der Waals surface area contributed by atoms with Crippen molar-refractivity contribution in [3.63, 3.8) is 0 Å². The molecular weight excluding hydrogens is 336 g/mol. The number of halogens is 2. The number of carbonyl (C=O) groups is 1. The summed E-state index contributed by atoms with van der Waals surface area (Å²) in [6.07, 6.45) is 3.40. The zero-order chi connectivity index (χ0) is 11.8. The highest BCUT2D eigenvalue weighted by Gasteiger charge is 2.39. The van der Waals surface area contributed by atoms with E-state index in [9.17, 15) is 4.79 Å². The van der Waals surface area contributed by atoms with Gasteiger partial charge in [-0.2, -0.15) is 0 Å². The van der Waals surface area contributed by atoms with Gasteiger partial charge in [-0.15, -0.1) is 23.7 Å². The number of fused-ring (bicyclic) bond motifs is 2. The first-order valence-corrected chi connectivity index (χ1v) is 7.71. The number of nitrogens with zero attached hydrogens (tertiary/aromatic N) is 1. The van der Waals surface area contributed by atoms with Gasteiger partial charge in [-0.05, 0) is 53.2 Å². The second-order valence-electron chi connectivity index (χ2n) is 4.69. The van der Waals surface area contributed by atoms with Crippen LogP contribution >= 0.6 is 39.7 Å². The van der Waals surface area contributed by atoms with E-state index in [0.29, 0.717) is 12.1 Å². The minimum absolute atomic E-state index is 0. The van der Waals surface area contributed by atoms with Gasteiger partial charge < -0.3 is 10.2 Å². The minimum Gasteiger partial charge on any atom is -0.331 e. The van der Waals surface area contributed by atoms with Crippen LogP contribution < -0.4 is 5.32 Å². The molecule has 2 unspecified atom stereocenters. The van der Waals surface area contributed by atoms with Crippen molar-refractivity contribution in [2.24, 2.45) is 0 Å². The highest BCUT2D eigenvalue weighted by molar-refractivity contribution is 9.10. The van der Waals surface area contributed by atoms with E-state index < -0.39 is 0 Å². The van der Waals surface area contributed by atoms with Gasteiger partial charge in [0.05, 0.1) is 0 Å². The van der Waals surface area contributed by atoms with Gasteiger partial charge in [0.15, 0.2) is 0 Å². The van der Waals surface area contributed by atoms with Crippen LogP contribution in [0, 0.1) is 0 Å². The van der Waals surface area contributed by atoms with E-state index in [-0.39, 0.29) is 18.3 Å². The molecule has 1 N–H and O–H groups in total. The molecule has 2 fully saturated rings. The summed E-state index contributed by atoms with van der Waals surface area (Å²) in [5.41, 5.74) is 0. The van der Waals surface area contributed by atoms with Crippen molar-refractivity contribution in [2.75, 3.05) is 13.1 Å². The van der Waals surface area contributed by atoms with Crippen LogP contribution in [0.15, 0.2) is 15.9 Å². The summed E-state index contributed by atoms with van der Waals surface area (Å²) in [6, 6.07) is 2.79. The fourth-order valence-corrected chi connectivity index (χ4v) is 4.36. The standard InChI is InChI=1S/C12H15BrN2OS.ClH/c13-10-4-6-17-11(10)12(16)15-8-1-2-9(15)7-14-5-3-8;/h4,6,8-9,14H,1-3,5,7H2;1H. The Kier molecular flexibility index (Phi) is 4.69. The Hall–Kier alpha value is -0.100. The summed E-state index contributed by atoms with van der Waals surface area (Å²) >= 11 is 4.99. The summed E-state index contributed by atoms with van der Waals surface area (Å²) in [7, 11) is 0. The summed E-state index contributed by atoms with van der Waals surface area (Å²) in [6.45, 7) is 1.99. The molecule has 1 aromatic rings. The van der Waals surface area contributed by atoms with Gasteiger partial charge in [0.2, 0.25) is 0 Å². The van der Waals surface area contributed by atoms with Gasteiger partial charge >= 0.3 is 0 Å². The molecule has 2 aliphatic rings. The van der Waals surface area contributed by atoms with Crippen LogP contribution in [-0.4, -0.2) is 36.0 Å². The molecule has 2 atom stereocenters. The van der Waals surface area contributed by atoms with Gasteiger partial charge in [0.1, 0.15) is 4.88 Å². The van der Waals surface area contributed by atoms with Crippen LogP contribution in [-0.2, 0) is 0 Å². The Morgan fingerprint density at radius 3 is 2.89 bits per heavy atom. The van der Waals surface area contributed by atoms with Gasteiger partial charge in [-0.3, -0.25) is 4.79 Å². The third-order valence-electron chi connectivity index (χ3n) is 3.70. The maximum absolute atomic E-state index is 12.6. The Bertz CT molecular complexity index is 425. The molecule has 0 spiro atoms. The van der Waals surface area contributed by atoms with Gasteiger partial charge in [0.25, 0.3) is 5.91 Å². The highest BCUT2D eigenvalue weighted by Crippen LogP contribution is 2.32. The lowest BCUT2D eigenvalue weighted by molar-refractivity contribution is 0.0684. The molecule has 0 aliphatic carbocycles. The molecule has 3 nitrogen and oxygen atoms in total. The predicted molar refractivity (Wildman–Crippen MR) is 79.7 cm³/mol. The second kappa shape index (κ2) is 5.90. The zero-order valence-corrected chi connectivity index (χ0v) is 13.1. The second-order valence-corrected chi connectivity index (χ2v) is 6.46. The van der Waals surface area contributed by atoms with Gasteiger partial charge in [-0.25, -0.2) is 0 Å². The summed E-state index contributed by atoms with van der Waals surface area (Å²) in [5.74, 6) is 0.211. The molecule has 18 heavy (non-hydrogen) atoms. The number of nitrogens with one attached hydrogen (secondary N) is 1. The zero-order valence-electron chi connectivity index (χ0n) is 9.89. The van der Waals surface area contributed by atoms with Crippen LogP contribution in [0.3, 0.4) is 0 Å². The molecule has 1 amide bonds. The van der Waals surface area contributed by atoms with Crippen LogP contribution in [0.5, 0.6) is 0 Å². The molecule has 3 heterocycles. The molecular formula is C12H16BrClN2OS. The molecule has 100 valence electrons. The van der Waals surface area contributed by atoms with Crippen molar-refractivity contribution < 1.29 is 4.79 Å². The maximum atomic E-state index is 12.6. The van der Waals surface area contributed by atoms with E-state index in [1.54, 1.807) is 0 Å². The van der Waals surface area contributed by atoms with Crippen molar-refractivity contribution in [1.82, 2.24) is 10.2 Å². The topological polar surface area (TPSA) is 32.3 Å². The van der Waals surface area contributed by atoms with Crippen LogP contribution in [0.2, 0.25) is 0 Å². The maximum Gasteiger partial charge on any atom is 0.265 e. The average Bonchev–Trinajstić information content (AvgIpc) is 2.81. The summed E-state index contributed by atoms with van der Waals surface area (Å²) < 4.78 is 0.934. The largest absolute Gasteiger partial charge is 0.331 e. The molecule has 0 saturated carbocycles. The van der Waals surface area contributed by atoms with Crippen molar-refractivity contribution in [3.8, 4) is 0 Å². The molecule has 2 saturated heterocycles.